The first kappa shape index (κ1) is 7.73. The molecule has 1 unspecified atom stereocenters. The first-order valence-corrected chi connectivity index (χ1v) is 4.08. The van der Waals surface area contributed by atoms with E-state index in [0.717, 1.165) is 25.8 Å². The van der Waals surface area contributed by atoms with Crippen molar-refractivity contribution < 1.29 is 4.79 Å². The van der Waals surface area contributed by atoms with Crippen molar-refractivity contribution in [1.82, 2.24) is 5.32 Å². The summed E-state index contributed by atoms with van der Waals surface area (Å²) < 4.78 is 0. The van der Waals surface area contributed by atoms with Crippen LogP contribution in [-0.2, 0) is 4.79 Å². The molecule has 1 aliphatic rings. The van der Waals surface area contributed by atoms with Crippen LogP contribution in [0.5, 0.6) is 0 Å². The van der Waals surface area contributed by atoms with Gasteiger partial charge in [0, 0.05) is 18.9 Å². The molecule has 0 aromatic heterocycles. The van der Waals surface area contributed by atoms with Crippen LogP contribution in [0.4, 0.5) is 0 Å². The van der Waals surface area contributed by atoms with Crippen LogP contribution in [0.3, 0.4) is 0 Å². The van der Waals surface area contributed by atoms with Crippen molar-refractivity contribution in [1.29, 1.82) is 0 Å². The molecule has 2 nitrogen and oxygen atoms in total. The summed E-state index contributed by atoms with van der Waals surface area (Å²) in [5, 5.41) is 3.29. The molecule has 0 heterocycles. The second-order valence-corrected chi connectivity index (χ2v) is 2.89. The lowest BCUT2D eigenvalue weighted by molar-refractivity contribution is -0.120. The predicted molar refractivity (Wildman–Crippen MR) is 40.9 cm³/mol. The lowest BCUT2D eigenvalue weighted by Crippen LogP contribution is -2.33. The Bertz CT molecular complexity index is 120. The van der Waals surface area contributed by atoms with Crippen LogP contribution in [0, 0.1) is 0 Å². The Balaban J connectivity index is 2.25. The van der Waals surface area contributed by atoms with Crippen LogP contribution in [-0.4, -0.2) is 18.4 Å². The van der Waals surface area contributed by atoms with Crippen molar-refractivity contribution in [3.05, 3.63) is 0 Å². The van der Waals surface area contributed by atoms with E-state index in [-0.39, 0.29) is 0 Å². The molecule has 0 aliphatic heterocycles. The van der Waals surface area contributed by atoms with E-state index in [4.69, 9.17) is 0 Å². The van der Waals surface area contributed by atoms with Crippen LogP contribution in [0.1, 0.15) is 32.6 Å². The molecule has 1 rings (SSSR count). The van der Waals surface area contributed by atoms with Crippen LogP contribution in [0.2, 0.25) is 0 Å². The fraction of sp³-hybridized carbons (Fsp3) is 0.875. The monoisotopic (exact) mass is 141 g/mol. The van der Waals surface area contributed by atoms with Crippen LogP contribution < -0.4 is 5.32 Å². The van der Waals surface area contributed by atoms with E-state index in [2.05, 4.69) is 12.2 Å². The van der Waals surface area contributed by atoms with E-state index in [1.165, 1.54) is 6.42 Å². The highest BCUT2D eigenvalue weighted by molar-refractivity contribution is 5.79. The van der Waals surface area contributed by atoms with Gasteiger partial charge in [-0.25, -0.2) is 0 Å². The Kier molecular flexibility index (Phi) is 2.87. The fourth-order valence-electron chi connectivity index (χ4n) is 1.49. The molecule has 0 saturated heterocycles. The topological polar surface area (TPSA) is 29.1 Å². The number of hydrogen-bond donors (Lipinski definition) is 1. The molecular formula is C8H15NO. The van der Waals surface area contributed by atoms with Gasteiger partial charge < -0.3 is 5.32 Å². The normalized spacial score (nSPS) is 26.9. The molecule has 2 heteroatoms. The zero-order chi connectivity index (χ0) is 7.40. The maximum Gasteiger partial charge on any atom is 0.134 e. The molecule has 0 amide bonds. The quantitative estimate of drug-likeness (QED) is 0.624. The summed E-state index contributed by atoms with van der Waals surface area (Å²) in [7, 11) is 0. The van der Waals surface area contributed by atoms with E-state index in [1.807, 2.05) is 0 Å². The molecule has 1 aliphatic carbocycles. The molecule has 1 saturated carbocycles. The van der Waals surface area contributed by atoms with Crippen LogP contribution in [0.25, 0.3) is 0 Å². The molecule has 1 N–H and O–H groups in total. The standard InChI is InChI=1S/C8H15NO/c1-2-9-7-4-3-5-8(10)6-7/h7,9H,2-6H2,1H3. The van der Waals surface area contributed by atoms with Gasteiger partial charge in [-0.05, 0) is 19.4 Å². The smallest absolute Gasteiger partial charge is 0.134 e. The average Bonchev–Trinajstić information content (AvgIpc) is 1.88. The molecule has 58 valence electrons. The van der Waals surface area contributed by atoms with Gasteiger partial charge in [0.2, 0.25) is 0 Å². The maximum atomic E-state index is 10.9. The third kappa shape index (κ3) is 2.10. The maximum absolute atomic E-state index is 10.9. The van der Waals surface area contributed by atoms with Gasteiger partial charge in [-0.1, -0.05) is 6.92 Å². The van der Waals surface area contributed by atoms with E-state index in [9.17, 15) is 4.79 Å². The van der Waals surface area contributed by atoms with Gasteiger partial charge >= 0.3 is 0 Å². The largest absolute Gasteiger partial charge is 0.314 e. The van der Waals surface area contributed by atoms with E-state index in [1.54, 1.807) is 0 Å². The van der Waals surface area contributed by atoms with Crippen LogP contribution in [0.15, 0.2) is 0 Å². The molecular weight excluding hydrogens is 126 g/mol. The van der Waals surface area contributed by atoms with Crippen LogP contribution >= 0.6 is 0 Å². The van der Waals surface area contributed by atoms with Gasteiger partial charge in [0.05, 0.1) is 0 Å². The van der Waals surface area contributed by atoms with Crippen molar-refractivity contribution >= 4 is 5.78 Å². The molecule has 0 aromatic carbocycles. The zero-order valence-corrected chi connectivity index (χ0v) is 6.52. The fourth-order valence-corrected chi connectivity index (χ4v) is 1.49. The highest BCUT2D eigenvalue weighted by Crippen LogP contribution is 2.13. The molecule has 0 spiro atoms. The Labute approximate surface area is 62.0 Å². The lowest BCUT2D eigenvalue weighted by atomic mass is 9.94. The second-order valence-electron chi connectivity index (χ2n) is 2.89. The van der Waals surface area contributed by atoms with Gasteiger partial charge in [-0.3, -0.25) is 4.79 Å². The third-order valence-electron chi connectivity index (χ3n) is 1.98. The molecule has 1 fully saturated rings. The highest BCUT2D eigenvalue weighted by atomic mass is 16.1. The molecule has 0 radical (unpaired) electrons. The minimum Gasteiger partial charge on any atom is -0.314 e. The number of nitrogens with one attached hydrogen (secondary N) is 1. The Morgan fingerprint density at radius 1 is 1.70 bits per heavy atom. The number of carbonyl (C=O) groups excluding carboxylic acids is 1. The number of hydrogen-bond acceptors (Lipinski definition) is 2. The minimum atomic E-state index is 0.428. The second kappa shape index (κ2) is 3.71. The van der Waals surface area contributed by atoms with Crippen molar-refractivity contribution in [2.75, 3.05) is 6.54 Å². The highest BCUT2D eigenvalue weighted by Gasteiger charge is 2.17. The van der Waals surface area contributed by atoms with E-state index >= 15 is 0 Å². The number of carbonyl (C=O) groups is 1. The SMILES string of the molecule is CCNC1CCCC(=O)C1. The van der Waals surface area contributed by atoms with E-state index < -0.39 is 0 Å². The van der Waals surface area contributed by atoms with Crippen molar-refractivity contribution in [3.63, 3.8) is 0 Å². The van der Waals surface area contributed by atoms with Crippen molar-refractivity contribution in [2.45, 2.75) is 38.6 Å². The van der Waals surface area contributed by atoms with Crippen molar-refractivity contribution in [3.8, 4) is 0 Å². The van der Waals surface area contributed by atoms with Gasteiger partial charge in [0.1, 0.15) is 5.78 Å². The lowest BCUT2D eigenvalue weighted by Gasteiger charge is -2.20. The minimum absolute atomic E-state index is 0.428. The van der Waals surface area contributed by atoms with Gasteiger partial charge in [0.25, 0.3) is 0 Å². The summed E-state index contributed by atoms with van der Waals surface area (Å²) >= 11 is 0. The summed E-state index contributed by atoms with van der Waals surface area (Å²) in [6, 6.07) is 0.478. The number of ketones is 1. The first-order valence-electron chi connectivity index (χ1n) is 4.08. The molecule has 1 atom stereocenters. The van der Waals surface area contributed by atoms with Crippen molar-refractivity contribution in [2.24, 2.45) is 0 Å². The first-order chi connectivity index (χ1) is 4.83. The van der Waals surface area contributed by atoms with Gasteiger partial charge in [-0.15, -0.1) is 0 Å². The molecule has 0 bridgehead atoms. The number of Topliss-reactive ketones (excluding diaryl/α,β-unsaturated/α-hetero) is 1. The average molecular weight is 141 g/mol. The summed E-state index contributed by atoms with van der Waals surface area (Å²) in [4.78, 5) is 10.9. The van der Waals surface area contributed by atoms with E-state index in [0.29, 0.717) is 11.8 Å². The third-order valence-corrected chi connectivity index (χ3v) is 1.98. The molecule has 10 heavy (non-hydrogen) atoms. The summed E-state index contributed by atoms with van der Waals surface area (Å²) in [5.41, 5.74) is 0. The van der Waals surface area contributed by atoms with Gasteiger partial charge in [-0.2, -0.15) is 0 Å². The predicted octanol–water partition coefficient (Wildman–Crippen LogP) is 1.11. The zero-order valence-electron chi connectivity index (χ0n) is 6.52. The summed E-state index contributed by atoms with van der Waals surface area (Å²) in [6.07, 6.45) is 3.83. The van der Waals surface area contributed by atoms with Gasteiger partial charge in [0.15, 0.2) is 0 Å². The number of rotatable bonds is 2. The summed E-state index contributed by atoms with van der Waals surface area (Å²) in [6.45, 7) is 3.07. The summed E-state index contributed by atoms with van der Waals surface area (Å²) in [5.74, 6) is 0.428. The Morgan fingerprint density at radius 2 is 2.50 bits per heavy atom. The molecule has 0 aromatic rings. The Hall–Kier alpha value is -0.370. The Morgan fingerprint density at radius 3 is 3.10 bits per heavy atom.